The number of nitrogens with zero attached hydrogens (tertiary/aromatic N) is 1. The number of hydrogen-bond acceptors (Lipinski definition) is 3. The highest BCUT2D eigenvalue weighted by Gasteiger charge is 2.52. The summed E-state index contributed by atoms with van der Waals surface area (Å²) in [5.74, 6) is -0.452. The average Bonchev–Trinajstić information content (AvgIpc) is 3.65. The van der Waals surface area contributed by atoms with Gasteiger partial charge in [-0.3, -0.25) is 9.59 Å². The van der Waals surface area contributed by atoms with Crippen LogP contribution >= 0.6 is 0 Å². The van der Waals surface area contributed by atoms with E-state index in [2.05, 4.69) is 156 Å². The maximum atomic E-state index is 14.2. The van der Waals surface area contributed by atoms with Crippen LogP contribution in [0.3, 0.4) is 0 Å². The lowest BCUT2D eigenvalue weighted by atomic mass is 9.64. The van der Waals surface area contributed by atoms with Crippen molar-refractivity contribution in [3.8, 4) is 22.3 Å². The minimum Gasteiger partial charge on any atom is -0.309 e. The maximum Gasteiger partial charge on any atom is 0.197 e. The van der Waals surface area contributed by atoms with Gasteiger partial charge in [0.25, 0.3) is 0 Å². The van der Waals surface area contributed by atoms with Crippen LogP contribution in [-0.2, 0) is 5.41 Å². The molecule has 2 aliphatic carbocycles. The molecule has 0 N–H and O–H groups in total. The van der Waals surface area contributed by atoms with Gasteiger partial charge in [0.2, 0.25) is 0 Å². The number of Topliss-reactive ketones (excluding diaryl/α,β-unsaturated/α-hetero) is 2. The van der Waals surface area contributed by atoms with E-state index in [4.69, 9.17) is 0 Å². The Morgan fingerprint density at radius 2 is 0.933 bits per heavy atom. The van der Waals surface area contributed by atoms with Crippen LogP contribution in [0, 0.1) is 41.5 Å². The first-order chi connectivity index (χ1) is 29.0. The van der Waals surface area contributed by atoms with E-state index in [-0.39, 0.29) is 17.1 Å². The third kappa shape index (κ3) is 4.96. The van der Waals surface area contributed by atoms with Crippen molar-refractivity contribution in [1.82, 2.24) is 0 Å². The molecule has 0 saturated carbocycles. The lowest BCUT2D eigenvalue weighted by Crippen LogP contribution is -2.36. The number of allylic oxidation sites excluding steroid dienone is 1. The minimum atomic E-state index is -0.720. The first-order valence-corrected chi connectivity index (χ1v) is 20.8. The predicted octanol–water partition coefficient (Wildman–Crippen LogP) is 14.0. The van der Waals surface area contributed by atoms with Gasteiger partial charge in [-0.1, -0.05) is 120 Å². The molecule has 11 rings (SSSR count). The summed E-state index contributed by atoms with van der Waals surface area (Å²) in [7, 11) is 0. The van der Waals surface area contributed by atoms with Crippen LogP contribution in [0.5, 0.6) is 0 Å². The molecule has 8 aromatic rings. The molecule has 1 heterocycles. The van der Waals surface area contributed by atoms with E-state index < -0.39 is 5.41 Å². The number of anilines is 3. The number of rotatable bonds is 3. The van der Waals surface area contributed by atoms with Crippen molar-refractivity contribution in [2.45, 2.75) is 47.0 Å². The minimum absolute atomic E-state index is 0.201. The summed E-state index contributed by atoms with van der Waals surface area (Å²) in [5, 5.41) is 1.90. The second-order valence-electron chi connectivity index (χ2n) is 17.2. The van der Waals surface area contributed by atoms with Gasteiger partial charge in [0.05, 0.1) is 28.1 Å². The molecule has 3 heteroatoms. The lowest BCUT2D eigenvalue weighted by molar-refractivity contribution is 0.0990. The first-order valence-electron chi connectivity index (χ1n) is 20.8. The van der Waals surface area contributed by atoms with Crippen molar-refractivity contribution < 1.29 is 9.59 Å². The Hall–Kier alpha value is -7.10. The molecule has 1 spiro atoms. The highest BCUT2D eigenvalue weighted by Crippen LogP contribution is 2.64. The molecule has 0 fully saturated rings. The largest absolute Gasteiger partial charge is 0.309 e. The van der Waals surface area contributed by atoms with E-state index in [0.29, 0.717) is 11.1 Å². The monoisotopic (exact) mass is 773 g/mol. The maximum absolute atomic E-state index is 14.2. The number of aryl methyl sites for hydroxylation is 6. The zero-order valence-corrected chi connectivity index (χ0v) is 34.7. The molecule has 0 radical (unpaired) electrons. The van der Waals surface area contributed by atoms with E-state index >= 15 is 0 Å². The molecule has 0 amide bonds. The number of benzene rings is 8. The molecule has 60 heavy (non-hydrogen) atoms. The molecule has 3 aliphatic rings. The van der Waals surface area contributed by atoms with E-state index in [1.807, 2.05) is 42.5 Å². The lowest BCUT2D eigenvalue weighted by Gasteiger charge is -2.46. The van der Waals surface area contributed by atoms with Crippen molar-refractivity contribution in [2.75, 3.05) is 4.90 Å². The zero-order chi connectivity index (χ0) is 41.2. The van der Waals surface area contributed by atoms with E-state index in [1.165, 1.54) is 72.3 Å². The van der Waals surface area contributed by atoms with Crippen LogP contribution in [0.4, 0.5) is 17.1 Å². The van der Waals surface area contributed by atoms with Crippen LogP contribution in [0.1, 0.15) is 81.9 Å². The molecular weight excluding hydrogens is 731 g/mol. The van der Waals surface area contributed by atoms with Gasteiger partial charge in [0, 0.05) is 11.1 Å². The van der Waals surface area contributed by atoms with Crippen molar-refractivity contribution >= 4 is 45.5 Å². The van der Waals surface area contributed by atoms with Crippen LogP contribution in [0.15, 0.2) is 151 Å². The molecule has 0 atom stereocenters. The highest BCUT2D eigenvalue weighted by atomic mass is 16.2. The summed E-state index contributed by atoms with van der Waals surface area (Å²) in [4.78, 5) is 30.8. The van der Waals surface area contributed by atoms with Gasteiger partial charge in [-0.15, -0.1) is 0 Å². The fraction of sp³-hybridized carbons (Fsp3) is 0.123. The number of fused-ring (bicyclic) bond motifs is 11. The SMILES string of the molecule is Cc1cc(C)c(-c2ccc3c(c2)C2(c4ccccc4-c4ccccc42)c2cc(C=C4C(=O)c5cc6ccccc6cc5C4=O)ccc2N3c2c(C)cc(C)cc2C)c(C)c1. The molecular formula is C57H43NO2. The van der Waals surface area contributed by atoms with Crippen molar-refractivity contribution in [3.63, 3.8) is 0 Å². The van der Waals surface area contributed by atoms with Gasteiger partial charge < -0.3 is 4.90 Å². The molecule has 0 unspecified atom stereocenters. The molecule has 288 valence electrons. The Bertz CT molecular complexity index is 3120. The Morgan fingerprint density at radius 3 is 1.50 bits per heavy atom. The molecule has 0 bridgehead atoms. The predicted molar refractivity (Wildman–Crippen MR) is 246 cm³/mol. The van der Waals surface area contributed by atoms with Gasteiger partial charge in [-0.05, 0) is 167 Å². The summed E-state index contributed by atoms with van der Waals surface area (Å²) in [6.45, 7) is 13.2. The molecule has 3 nitrogen and oxygen atoms in total. The van der Waals surface area contributed by atoms with Crippen LogP contribution in [0.25, 0.3) is 39.1 Å². The van der Waals surface area contributed by atoms with Crippen LogP contribution in [-0.4, -0.2) is 11.6 Å². The topological polar surface area (TPSA) is 37.4 Å². The van der Waals surface area contributed by atoms with Gasteiger partial charge in [0.1, 0.15) is 0 Å². The van der Waals surface area contributed by atoms with Crippen molar-refractivity contribution in [2.24, 2.45) is 0 Å². The molecule has 8 aromatic carbocycles. The van der Waals surface area contributed by atoms with Crippen molar-refractivity contribution in [3.05, 3.63) is 223 Å². The third-order valence-corrected chi connectivity index (χ3v) is 13.3. The summed E-state index contributed by atoms with van der Waals surface area (Å²) in [6, 6.07) is 52.1. The Kier molecular flexibility index (Phi) is 7.77. The van der Waals surface area contributed by atoms with Gasteiger partial charge in [-0.25, -0.2) is 0 Å². The normalized spacial score (nSPS) is 14.3. The molecule has 1 aliphatic heterocycles. The Labute approximate surface area is 351 Å². The first kappa shape index (κ1) is 36.0. The molecule has 0 aromatic heterocycles. The van der Waals surface area contributed by atoms with Crippen LogP contribution < -0.4 is 4.90 Å². The van der Waals surface area contributed by atoms with Crippen molar-refractivity contribution in [1.29, 1.82) is 0 Å². The summed E-state index contributed by atoms with van der Waals surface area (Å²) >= 11 is 0. The Balaban J connectivity index is 1.23. The average molecular weight is 774 g/mol. The third-order valence-electron chi connectivity index (χ3n) is 13.3. The summed E-state index contributed by atoms with van der Waals surface area (Å²) < 4.78 is 0. The summed E-state index contributed by atoms with van der Waals surface area (Å²) in [5.41, 5.74) is 21.5. The number of carbonyl (C=O) groups is 2. The number of carbonyl (C=O) groups excluding carboxylic acids is 2. The summed E-state index contributed by atoms with van der Waals surface area (Å²) in [6.07, 6.45) is 1.83. The number of ketones is 2. The Morgan fingerprint density at radius 1 is 0.450 bits per heavy atom. The second kappa shape index (κ2) is 12.9. The van der Waals surface area contributed by atoms with E-state index in [9.17, 15) is 9.59 Å². The van der Waals surface area contributed by atoms with Gasteiger partial charge in [0.15, 0.2) is 11.6 Å². The standard InChI is InChI=1S/C57H43NO2/c1-32-23-34(3)53(35(4)24-32)41-20-22-52-50(31-41)57(47-17-11-9-15-42(47)43-16-10-12-18-48(43)57)49-28-38(19-21-51(49)58(52)54-36(5)25-33(2)26-37(54)6)27-46-55(59)44-29-39-13-7-8-14-40(39)30-45(44)56(46)60/h7-31H,1-6H3. The zero-order valence-electron chi connectivity index (χ0n) is 34.7. The van der Waals surface area contributed by atoms with E-state index in [1.54, 1.807) is 0 Å². The molecule has 0 saturated heterocycles. The highest BCUT2D eigenvalue weighted by molar-refractivity contribution is 6.42. The fourth-order valence-electron chi connectivity index (χ4n) is 11.1. The van der Waals surface area contributed by atoms with E-state index in [0.717, 1.165) is 39.0 Å². The van der Waals surface area contributed by atoms with Crippen LogP contribution in [0.2, 0.25) is 0 Å². The van der Waals surface area contributed by atoms with Gasteiger partial charge >= 0.3 is 0 Å². The second-order valence-corrected chi connectivity index (χ2v) is 17.2. The van der Waals surface area contributed by atoms with Gasteiger partial charge in [-0.2, -0.15) is 0 Å². The number of hydrogen-bond donors (Lipinski definition) is 0. The fourth-order valence-corrected chi connectivity index (χ4v) is 11.1. The smallest absolute Gasteiger partial charge is 0.197 e. The quantitative estimate of drug-likeness (QED) is 0.133.